The number of halogens is 4. The molecule has 2 heterocycles. The van der Waals surface area contributed by atoms with Gasteiger partial charge in [-0.25, -0.2) is 4.39 Å². The molecule has 8 heteroatoms. The molecule has 0 aliphatic carbocycles. The van der Waals surface area contributed by atoms with Gasteiger partial charge in [0.05, 0.1) is 12.0 Å². The van der Waals surface area contributed by atoms with E-state index in [1.54, 1.807) is 0 Å². The lowest BCUT2D eigenvalue weighted by molar-refractivity contribution is -0.139. The number of H-pyrrole nitrogens is 1. The Hall–Kier alpha value is -3.13. The van der Waals surface area contributed by atoms with Crippen molar-refractivity contribution in [3.8, 4) is 11.3 Å². The van der Waals surface area contributed by atoms with Gasteiger partial charge >= 0.3 is 6.18 Å². The summed E-state index contributed by atoms with van der Waals surface area (Å²) in [7, 11) is 0. The van der Waals surface area contributed by atoms with E-state index < -0.39 is 35.4 Å². The number of benzene rings is 2. The van der Waals surface area contributed by atoms with E-state index in [1.807, 2.05) is 20.8 Å². The third-order valence-electron chi connectivity index (χ3n) is 6.68. The summed E-state index contributed by atoms with van der Waals surface area (Å²) in [6, 6.07) is 9.05. The monoisotopic (exact) mass is 487 g/mol. The fourth-order valence-corrected chi connectivity index (χ4v) is 5.01. The molecule has 0 radical (unpaired) electrons. The van der Waals surface area contributed by atoms with Crippen LogP contribution in [0, 0.1) is 19.7 Å². The predicted molar refractivity (Wildman–Crippen MR) is 127 cm³/mol. The highest BCUT2D eigenvalue weighted by molar-refractivity contribution is 5.80. The van der Waals surface area contributed by atoms with Crippen molar-refractivity contribution in [3.05, 3.63) is 81.3 Å². The number of hydrogen-bond donors (Lipinski definition) is 2. The highest BCUT2D eigenvalue weighted by Gasteiger charge is 2.36. The first-order chi connectivity index (χ1) is 16.5. The van der Waals surface area contributed by atoms with Crippen molar-refractivity contribution in [3.63, 3.8) is 0 Å². The van der Waals surface area contributed by atoms with Crippen molar-refractivity contribution in [1.82, 2.24) is 9.88 Å². The SMILES string of the molecule is Cc1cc(C)cc(-c2[nH]c3c(c2[C@H](C)CN)CN(C(=O)Cc2c(F)cccc2C(F)(F)F)CC3)c1. The van der Waals surface area contributed by atoms with Crippen molar-refractivity contribution in [2.75, 3.05) is 13.1 Å². The molecular formula is C27H29F4N3O. The number of aromatic nitrogens is 1. The molecular weight excluding hydrogens is 458 g/mol. The van der Waals surface area contributed by atoms with Crippen LogP contribution in [0.25, 0.3) is 11.3 Å². The predicted octanol–water partition coefficient (Wildman–Crippen LogP) is 5.65. The molecule has 186 valence electrons. The third-order valence-corrected chi connectivity index (χ3v) is 6.68. The summed E-state index contributed by atoms with van der Waals surface area (Å²) in [4.78, 5) is 18.1. The molecule has 3 N–H and O–H groups in total. The van der Waals surface area contributed by atoms with Crippen molar-refractivity contribution >= 4 is 5.91 Å². The molecule has 0 unspecified atom stereocenters. The van der Waals surface area contributed by atoms with Crippen molar-refractivity contribution < 1.29 is 22.4 Å². The average molecular weight is 488 g/mol. The molecule has 0 spiro atoms. The minimum atomic E-state index is -4.74. The van der Waals surface area contributed by atoms with Gasteiger partial charge in [0.25, 0.3) is 0 Å². The quantitative estimate of drug-likeness (QED) is 0.457. The van der Waals surface area contributed by atoms with Crippen LogP contribution in [0.3, 0.4) is 0 Å². The van der Waals surface area contributed by atoms with E-state index in [-0.39, 0.29) is 12.5 Å². The van der Waals surface area contributed by atoms with E-state index in [0.29, 0.717) is 19.5 Å². The van der Waals surface area contributed by atoms with Crippen LogP contribution in [0.2, 0.25) is 0 Å². The molecule has 2 aromatic carbocycles. The number of nitrogens with one attached hydrogen (secondary N) is 1. The maximum absolute atomic E-state index is 14.3. The number of carbonyl (C=O) groups excluding carboxylic acids is 1. The van der Waals surface area contributed by atoms with Crippen molar-refractivity contribution in [2.24, 2.45) is 5.73 Å². The van der Waals surface area contributed by atoms with E-state index in [9.17, 15) is 22.4 Å². The Balaban J connectivity index is 1.68. The van der Waals surface area contributed by atoms with Crippen LogP contribution in [-0.2, 0) is 30.4 Å². The van der Waals surface area contributed by atoms with Gasteiger partial charge in [0.1, 0.15) is 5.82 Å². The normalized spacial score (nSPS) is 14.7. The van der Waals surface area contributed by atoms with E-state index >= 15 is 0 Å². The standard InChI is InChI=1S/C27H29F4N3O/c1-15-9-16(2)11-18(10-15)26-25(17(3)13-32)20-14-34(8-7-23(20)33-26)24(35)12-19-21(27(29,30)31)5-4-6-22(19)28/h4-6,9-11,17,33H,7-8,12-14,32H2,1-3H3/t17-/m1/s1. The van der Waals surface area contributed by atoms with Gasteiger partial charge < -0.3 is 15.6 Å². The lowest BCUT2D eigenvalue weighted by atomic mass is 9.90. The summed E-state index contributed by atoms with van der Waals surface area (Å²) in [5.41, 5.74) is 11.5. The number of hydrogen-bond acceptors (Lipinski definition) is 2. The van der Waals surface area contributed by atoms with Crippen LogP contribution in [0.4, 0.5) is 17.6 Å². The van der Waals surface area contributed by atoms with E-state index in [0.717, 1.165) is 57.4 Å². The molecule has 1 aliphatic rings. The average Bonchev–Trinajstić information content (AvgIpc) is 3.17. The summed E-state index contributed by atoms with van der Waals surface area (Å²) in [6.07, 6.45) is -4.86. The molecule has 4 nitrogen and oxygen atoms in total. The van der Waals surface area contributed by atoms with Gasteiger partial charge in [0.2, 0.25) is 5.91 Å². The minimum absolute atomic E-state index is 0.00395. The molecule has 0 saturated heterocycles. The van der Waals surface area contributed by atoms with Crippen LogP contribution in [0.15, 0.2) is 36.4 Å². The van der Waals surface area contributed by atoms with Gasteiger partial charge in [-0.3, -0.25) is 4.79 Å². The Morgan fingerprint density at radius 1 is 1.17 bits per heavy atom. The van der Waals surface area contributed by atoms with E-state index in [4.69, 9.17) is 5.73 Å². The highest BCUT2D eigenvalue weighted by atomic mass is 19.4. The maximum Gasteiger partial charge on any atom is 0.416 e. The summed E-state index contributed by atoms with van der Waals surface area (Å²) >= 11 is 0. The van der Waals surface area contributed by atoms with Crippen LogP contribution >= 0.6 is 0 Å². The highest BCUT2D eigenvalue weighted by Crippen LogP contribution is 2.38. The first-order valence-corrected chi connectivity index (χ1v) is 11.6. The van der Waals surface area contributed by atoms with Gasteiger partial charge in [-0.1, -0.05) is 30.2 Å². The molecule has 0 fully saturated rings. The maximum atomic E-state index is 14.3. The lowest BCUT2D eigenvalue weighted by Gasteiger charge is -2.29. The zero-order valence-electron chi connectivity index (χ0n) is 20.0. The molecule has 0 bridgehead atoms. The first kappa shape index (κ1) is 25.0. The smallest absolute Gasteiger partial charge is 0.358 e. The number of aryl methyl sites for hydroxylation is 2. The summed E-state index contributed by atoms with van der Waals surface area (Å²) < 4.78 is 54.6. The van der Waals surface area contributed by atoms with Crippen LogP contribution in [0.1, 0.15) is 51.9 Å². The Morgan fingerprint density at radius 2 is 1.86 bits per heavy atom. The van der Waals surface area contributed by atoms with Gasteiger partial charge in [0, 0.05) is 36.5 Å². The molecule has 0 saturated carbocycles. The van der Waals surface area contributed by atoms with Crippen LogP contribution < -0.4 is 5.73 Å². The second kappa shape index (κ2) is 9.49. The number of nitrogens with zero attached hydrogens (tertiary/aromatic N) is 1. The van der Waals surface area contributed by atoms with Gasteiger partial charge in [-0.15, -0.1) is 0 Å². The Labute approximate surface area is 202 Å². The number of carbonyl (C=O) groups is 1. The van der Waals surface area contributed by atoms with Crippen molar-refractivity contribution in [1.29, 1.82) is 0 Å². The van der Waals surface area contributed by atoms with Crippen LogP contribution in [-0.4, -0.2) is 28.9 Å². The largest absolute Gasteiger partial charge is 0.416 e. The lowest BCUT2D eigenvalue weighted by Crippen LogP contribution is -2.37. The second-order valence-electron chi connectivity index (χ2n) is 9.39. The summed E-state index contributed by atoms with van der Waals surface area (Å²) in [6.45, 7) is 7.06. The molecule has 1 aliphatic heterocycles. The molecule has 1 aromatic heterocycles. The van der Waals surface area contributed by atoms with Gasteiger partial charge in [0.15, 0.2) is 0 Å². The molecule has 4 rings (SSSR count). The van der Waals surface area contributed by atoms with Crippen molar-refractivity contribution in [2.45, 2.75) is 52.3 Å². The van der Waals surface area contributed by atoms with Crippen LogP contribution in [0.5, 0.6) is 0 Å². The fourth-order valence-electron chi connectivity index (χ4n) is 5.01. The Morgan fingerprint density at radius 3 is 2.49 bits per heavy atom. The fraction of sp³-hybridized carbons (Fsp3) is 0.370. The minimum Gasteiger partial charge on any atom is -0.358 e. The number of aromatic amines is 1. The Kier molecular flexibility index (Phi) is 6.77. The number of alkyl halides is 3. The first-order valence-electron chi connectivity index (χ1n) is 11.6. The molecule has 35 heavy (non-hydrogen) atoms. The van der Waals surface area contributed by atoms with E-state index in [1.165, 1.54) is 4.90 Å². The number of fused-ring (bicyclic) bond motifs is 1. The molecule has 3 aromatic rings. The zero-order valence-corrected chi connectivity index (χ0v) is 20.0. The Bertz CT molecular complexity index is 1240. The third kappa shape index (κ3) is 4.98. The zero-order chi connectivity index (χ0) is 25.5. The number of amides is 1. The van der Waals surface area contributed by atoms with Gasteiger partial charge in [-0.2, -0.15) is 13.2 Å². The van der Waals surface area contributed by atoms with E-state index in [2.05, 4.69) is 23.2 Å². The topological polar surface area (TPSA) is 62.1 Å². The second-order valence-corrected chi connectivity index (χ2v) is 9.39. The number of nitrogens with two attached hydrogens (primary N) is 1. The van der Waals surface area contributed by atoms with Gasteiger partial charge in [-0.05, 0) is 67.3 Å². The number of rotatable bonds is 5. The summed E-state index contributed by atoms with van der Waals surface area (Å²) in [5.74, 6) is -1.56. The molecule has 1 amide bonds. The summed E-state index contributed by atoms with van der Waals surface area (Å²) in [5, 5.41) is 0. The molecule has 1 atom stereocenters.